The van der Waals surface area contributed by atoms with E-state index in [1.807, 2.05) is 30.3 Å². The molecule has 0 fully saturated rings. The Bertz CT molecular complexity index is 617. The Balaban J connectivity index is 1.89. The van der Waals surface area contributed by atoms with Crippen LogP contribution >= 0.6 is 11.6 Å². The lowest BCUT2D eigenvalue weighted by Crippen LogP contribution is -2.01. The maximum Gasteiger partial charge on any atom is 0.120 e. The molecule has 0 N–H and O–H groups in total. The zero-order chi connectivity index (χ0) is 14.4. The molecule has 2 aromatic carbocycles. The van der Waals surface area contributed by atoms with Gasteiger partial charge in [0.25, 0.3) is 0 Å². The third kappa shape index (κ3) is 3.66. The molecule has 0 saturated carbocycles. The Morgan fingerprint density at radius 1 is 1.10 bits per heavy atom. The molecule has 0 amide bonds. The summed E-state index contributed by atoms with van der Waals surface area (Å²) in [6.07, 6.45) is 0.793. The van der Waals surface area contributed by atoms with Crippen LogP contribution in [0.4, 0.5) is 0 Å². The fraction of sp³-hybridized carbons (Fsp3) is 0.188. The van der Waals surface area contributed by atoms with Crippen LogP contribution in [-0.2, 0) is 6.42 Å². The lowest BCUT2D eigenvalue weighted by atomic mass is 10.1. The molecule has 0 aromatic heterocycles. The molecule has 2 rings (SSSR count). The van der Waals surface area contributed by atoms with Crippen LogP contribution in [0.1, 0.15) is 11.1 Å². The van der Waals surface area contributed by atoms with E-state index in [0.717, 1.165) is 12.2 Å². The SMILES string of the molecule is COc1ccc(CCOc2ccc(C#N)c(Cl)c2)cc1. The molecule has 0 spiro atoms. The molecule has 20 heavy (non-hydrogen) atoms. The topological polar surface area (TPSA) is 42.2 Å². The number of benzene rings is 2. The summed E-state index contributed by atoms with van der Waals surface area (Å²) in [7, 11) is 1.65. The van der Waals surface area contributed by atoms with E-state index in [9.17, 15) is 0 Å². The van der Waals surface area contributed by atoms with Gasteiger partial charge < -0.3 is 9.47 Å². The Labute approximate surface area is 123 Å². The molecule has 102 valence electrons. The summed E-state index contributed by atoms with van der Waals surface area (Å²) < 4.78 is 10.7. The van der Waals surface area contributed by atoms with Crippen LogP contribution in [0.3, 0.4) is 0 Å². The number of nitrogens with zero attached hydrogens (tertiary/aromatic N) is 1. The lowest BCUT2D eigenvalue weighted by molar-refractivity contribution is 0.322. The second-order valence-corrected chi connectivity index (χ2v) is 4.61. The molecule has 0 heterocycles. The van der Waals surface area contributed by atoms with Gasteiger partial charge in [0, 0.05) is 12.5 Å². The summed E-state index contributed by atoms with van der Waals surface area (Å²) in [6.45, 7) is 0.550. The van der Waals surface area contributed by atoms with Crippen LogP contribution in [-0.4, -0.2) is 13.7 Å². The average molecular weight is 288 g/mol. The Morgan fingerprint density at radius 2 is 1.80 bits per heavy atom. The number of methoxy groups -OCH3 is 1. The minimum Gasteiger partial charge on any atom is -0.497 e. The third-order valence-electron chi connectivity index (χ3n) is 2.88. The van der Waals surface area contributed by atoms with E-state index in [4.69, 9.17) is 26.3 Å². The molecule has 0 aliphatic heterocycles. The van der Waals surface area contributed by atoms with Crippen LogP contribution in [0, 0.1) is 11.3 Å². The second kappa shape index (κ2) is 6.83. The van der Waals surface area contributed by atoms with Crippen molar-refractivity contribution in [1.82, 2.24) is 0 Å². The normalized spacial score (nSPS) is 9.85. The molecule has 0 radical (unpaired) electrons. The van der Waals surface area contributed by atoms with Crippen molar-refractivity contribution in [3.63, 3.8) is 0 Å². The standard InChI is InChI=1S/C16H14ClNO2/c1-19-14-5-2-12(3-6-14)8-9-20-15-7-4-13(11-18)16(17)10-15/h2-7,10H,8-9H2,1H3. The van der Waals surface area contributed by atoms with Crippen molar-refractivity contribution in [2.24, 2.45) is 0 Å². The van der Waals surface area contributed by atoms with E-state index in [1.165, 1.54) is 5.56 Å². The van der Waals surface area contributed by atoms with E-state index in [0.29, 0.717) is 22.9 Å². The number of halogens is 1. The zero-order valence-corrected chi connectivity index (χ0v) is 11.9. The summed E-state index contributed by atoms with van der Waals surface area (Å²) >= 11 is 5.94. The first-order chi connectivity index (χ1) is 9.72. The second-order valence-electron chi connectivity index (χ2n) is 4.20. The molecule has 0 saturated heterocycles. The molecule has 3 nitrogen and oxygen atoms in total. The van der Waals surface area contributed by atoms with Gasteiger partial charge in [-0.3, -0.25) is 0 Å². The van der Waals surface area contributed by atoms with Crippen molar-refractivity contribution in [3.05, 3.63) is 58.6 Å². The van der Waals surface area contributed by atoms with Gasteiger partial charge in [0.05, 0.1) is 24.3 Å². The van der Waals surface area contributed by atoms with Crippen LogP contribution in [0.15, 0.2) is 42.5 Å². The third-order valence-corrected chi connectivity index (χ3v) is 3.19. The largest absolute Gasteiger partial charge is 0.497 e. The van der Waals surface area contributed by atoms with Crippen LogP contribution in [0.25, 0.3) is 0 Å². The van der Waals surface area contributed by atoms with Gasteiger partial charge in [-0.05, 0) is 29.8 Å². The minimum atomic E-state index is 0.412. The quantitative estimate of drug-likeness (QED) is 0.839. The number of nitriles is 1. The molecule has 4 heteroatoms. The number of rotatable bonds is 5. The van der Waals surface area contributed by atoms with Gasteiger partial charge in [0.2, 0.25) is 0 Å². The number of hydrogen-bond acceptors (Lipinski definition) is 3. The highest BCUT2D eigenvalue weighted by molar-refractivity contribution is 6.31. The van der Waals surface area contributed by atoms with Crippen LogP contribution in [0.2, 0.25) is 5.02 Å². The molecule has 0 aliphatic carbocycles. The zero-order valence-electron chi connectivity index (χ0n) is 11.1. The van der Waals surface area contributed by atoms with Crippen molar-refractivity contribution < 1.29 is 9.47 Å². The molecule has 0 aliphatic rings. The molecule has 0 bridgehead atoms. The van der Waals surface area contributed by atoms with E-state index in [2.05, 4.69) is 0 Å². The number of ether oxygens (including phenoxy) is 2. The first kappa shape index (κ1) is 14.2. The van der Waals surface area contributed by atoms with E-state index >= 15 is 0 Å². The van der Waals surface area contributed by atoms with Gasteiger partial charge in [-0.2, -0.15) is 5.26 Å². The molecule has 2 aromatic rings. The van der Waals surface area contributed by atoms with Gasteiger partial charge in [0.1, 0.15) is 17.6 Å². The van der Waals surface area contributed by atoms with Crippen molar-refractivity contribution in [3.8, 4) is 17.6 Å². The van der Waals surface area contributed by atoms with E-state index in [1.54, 1.807) is 25.3 Å². The first-order valence-corrected chi connectivity index (χ1v) is 6.56. The predicted octanol–water partition coefficient (Wildman–Crippen LogP) is 3.84. The van der Waals surface area contributed by atoms with Crippen molar-refractivity contribution in [2.75, 3.05) is 13.7 Å². The van der Waals surface area contributed by atoms with Gasteiger partial charge in [-0.1, -0.05) is 23.7 Å². The van der Waals surface area contributed by atoms with E-state index < -0.39 is 0 Å². The smallest absolute Gasteiger partial charge is 0.120 e. The monoisotopic (exact) mass is 287 g/mol. The number of hydrogen-bond donors (Lipinski definition) is 0. The minimum absolute atomic E-state index is 0.412. The predicted molar refractivity (Wildman–Crippen MR) is 78.4 cm³/mol. The van der Waals surface area contributed by atoms with E-state index in [-0.39, 0.29) is 0 Å². The molecule has 0 unspecified atom stereocenters. The highest BCUT2D eigenvalue weighted by Crippen LogP contribution is 2.22. The maximum absolute atomic E-state index is 8.79. The van der Waals surface area contributed by atoms with Gasteiger partial charge >= 0.3 is 0 Å². The summed E-state index contributed by atoms with van der Waals surface area (Å²) in [5, 5.41) is 9.20. The van der Waals surface area contributed by atoms with Crippen LogP contribution < -0.4 is 9.47 Å². The van der Waals surface area contributed by atoms with Crippen molar-refractivity contribution in [1.29, 1.82) is 5.26 Å². The average Bonchev–Trinajstić information content (AvgIpc) is 2.48. The summed E-state index contributed by atoms with van der Waals surface area (Å²) in [6, 6.07) is 14.9. The Morgan fingerprint density at radius 3 is 2.40 bits per heavy atom. The van der Waals surface area contributed by atoms with Gasteiger partial charge in [-0.15, -0.1) is 0 Å². The summed E-state index contributed by atoms with van der Waals surface area (Å²) in [4.78, 5) is 0. The Kier molecular flexibility index (Phi) is 4.86. The van der Waals surface area contributed by atoms with Crippen LogP contribution in [0.5, 0.6) is 11.5 Å². The molecule has 0 atom stereocenters. The highest BCUT2D eigenvalue weighted by Gasteiger charge is 2.02. The van der Waals surface area contributed by atoms with Gasteiger partial charge in [0.15, 0.2) is 0 Å². The molecular formula is C16H14ClNO2. The first-order valence-electron chi connectivity index (χ1n) is 6.18. The lowest BCUT2D eigenvalue weighted by Gasteiger charge is -2.07. The highest BCUT2D eigenvalue weighted by atomic mass is 35.5. The summed E-state index contributed by atoms with van der Waals surface area (Å²) in [5.74, 6) is 1.51. The Hall–Kier alpha value is -2.18. The summed E-state index contributed by atoms with van der Waals surface area (Å²) in [5.41, 5.74) is 1.62. The fourth-order valence-corrected chi connectivity index (χ4v) is 1.97. The molecular weight excluding hydrogens is 274 g/mol. The van der Waals surface area contributed by atoms with Gasteiger partial charge in [-0.25, -0.2) is 0 Å². The van der Waals surface area contributed by atoms with Crippen molar-refractivity contribution in [2.45, 2.75) is 6.42 Å². The maximum atomic E-state index is 8.79. The fourth-order valence-electron chi connectivity index (χ4n) is 1.76. The van der Waals surface area contributed by atoms with Crippen molar-refractivity contribution >= 4 is 11.6 Å².